The van der Waals surface area contributed by atoms with Crippen molar-refractivity contribution in [2.24, 2.45) is 0 Å². The van der Waals surface area contributed by atoms with E-state index in [1.54, 1.807) is 12.1 Å². The molecule has 0 saturated heterocycles. The molecule has 0 aliphatic heterocycles. The maximum Gasteiger partial charge on any atom is 0.139 e. The summed E-state index contributed by atoms with van der Waals surface area (Å²) in [4.78, 5) is 4.22. The topological polar surface area (TPSA) is 22.1 Å². The van der Waals surface area contributed by atoms with Gasteiger partial charge in [0, 0.05) is 5.39 Å². The molecule has 20 heavy (non-hydrogen) atoms. The number of rotatable bonds is 3. The molecule has 4 heteroatoms. The van der Waals surface area contributed by atoms with Crippen LogP contribution in [0.5, 0.6) is 5.75 Å². The average Bonchev–Trinajstić information content (AvgIpc) is 2.46. The van der Waals surface area contributed by atoms with Crippen LogP contribution in [-0.2, 0) is 6.61 Å². The number of fused-ring (bicyclic) bond motifs is 1. The third-order valence-corrected chi connectivity index (χ3v) is 3.45. The standard InChI is InChI=1S/C16H11Cl2NO/c17-13-9-14-12(6-7-16(18)19-14)8-15(13)20-10-11-4-2-1-3-5-11/h1-9H,10H2. The Balaban J connectivity index is 1.88. The van der Waals surface area contributed by atoms with Gasteiger partial charge in [-0.15, -0.1) is 0 Å². The van der Waals surface area contributed by atoms with Gasteiger partial charge >= 0.3 is 0 Å². The zero-order chi connectivity index (χ0) is 13.9. The van der Waals surface area contributed by atoms with Crippen molar-refractivity contribution in [1.29, 1.82) is 0 Å². The highest BCUT2D eigenvalue weighted by Gasteiger charge is 2.06. The van der Waals surface area contributed by atoms with E-state index < -0.39 is 0 Å². The molecule has 0 aliphatic rings. The minimum Gasteiger partial charge on any atom is -0.487 e. The molecule has 0 aliphatic carbocycles. The number of aromatic nitrogens is 1. The average molecular weight is 304 g/mol. The predicted octanol–water partition coefficient (Wildman–Crippen LogP) is 5.12. The summed E-state index contributed by atoms with van der Waals surface area (Å²) in [5.74, 6) is 0.646. The molecule has 0 bridgehead atoms. The smallest absolute Gasteiger partial charge is 0.139 e. The first-order chi connectivity index (χ1) is 9.72. The van der Waals surface area contributed by atoms with Gasteiger partial charge in [-0.05, 0) is 29.8 Å². The molecule has 0 unspecified atom stereocenters. The van der Waals surface area contributed by atoms with Gasteiger partial charge in [-0.3, -0.25) is 0 Å². The number of pyridine rings is 1. The van der Waals surface area contributed by atoms with E-state index in [2.05, 4.69) is 4.98 Å². The fraction of sp³-hybridized carbons (Fsp3) is 0.0625. The minimum absolute atomic E-state index is 0.450. The van der Waals surface area contributed by atoms with Crippen molar-refractivity contribution < 1.29 is 4.74 Å². The second kappa shape index (κ2) is 5.70. The van der Waals surface area contributed by atoms with Gasteiger partial charge in [0.25, 0.3) is 0 Å². The third kappa shape index (κ3) is 2.87. The molecule has 2 nitrogen and oxygen atoms in total. The van der Waals surface area contributed by atoms with Crippen molar-refractivity contribution in [3.63, 3.8) is 0 Å². The van der Waals surface area contributed by atoms with E-state index >= 15 is 0 Å². The molecule has 0 saturated carbocycles. The van der Waals surface area contributed by atoms with Gasteiger partial charge < -0.3 is 4.74 Å². The maximum atomic E-state index is 6.21. The summed E-state index contributed by atoms with van der Waals surface area (Å²) in [6, 6.07) is 17.2. The first-order valence-corrected chi connectivity index (χ1v) is 6.90. The number of nitrogens with zero attached hydrogens (tertiary/aromatic N) is 1. The molecule has 1 aromatic heterocycles. The Morgan fingerprint density at radius 3 is 2.55 bits per heavy atom. The first-order valence-electron chi connectivity index (χ1n) is 6.15. The Morgan fingerprint density at radius 1 is 0.950 bits per heavy atom. The monoisotopic (exact) mass is 303 g/mol. The number of ether oxygens (including phenoxy) is 1. The molecule has 100 valence electrons. The molecule has 3 rings (SSSR count). The quantitative estimate of drug-likeness (QED) is 0.626. The fourth-order valence-electron chi connectivity index (χ4n) is 1.95. The Morgan fingerprint density at radius 2 is 1.75 bits per heavy atom. The van der Waals surface area contributed by atoms with E-state index in [0.29, 0.717) is 22.5 Å². The van der Waals surface area contributed by atoms with Gasteiger partial charge in [0.2, 0.25) is 0 Å². The summed E-state index contributed by atoms with van der Waals surface area (Å²) in [6.07, 6.45) is 0. The maximum absolute atomic E-state index is 6.21. The van der Waals surface area contributed by atoms with Gasteiger partial charge in [-0.2, -0.15) is 0 Å². The molecule has 1 heterocycles. The van der Waals surface area contributed by atoms with Crippen molar-refractivity contribution >= 4 is 34.1 Å². The van der Waals surface area contributed by atoms with Crippen molar-refractivity contribution in [2.75, 3.05) is 0 Å². The van der Waals surface area contributed by atoms with Crippen LogP contribution in [0.25, 0.3) is 10.9 Å². The number of benzene rings is 2. The van der Waals surface area contributed by atoms with E-state index in [1.807, 2.05) is 42.5 Å². The van der Waals surface area contributed by atoms with Crippen LogP contribution in [0.15, 0.2) is 54.6 Å². The molecule has 0 radical (unpaired) electrons. The second-order valence-corrected chi connectivity index (χ2v) is 5.18. The van der Waals surface area contributed by atoms with Gasteiger partial charge in [-0.25, -0.2) is 4.98 Å². The van der Waals surface area contributed by atoms with Crippen LogP contribution in [0.4, 0.5) is 0 Å². The van der Waals surface area contributed by atoms with E-state index in [1.165, 1.54) is 0 Å². The Kier molecular flexibility index (Phi) is 3.77. The van der Waals surface area contributed by atoms with Crippen LogP contribution in [0.1, 0.15) is 5.56 Å². The lowest BCUT2D eigenvalue weighted by Gasteiger charge is -2.09. The Labute approximate surface area is 126 Å². The third-order valence-electron chi connectivity index (χ3n) is 2.95. The molecular weight excluding hydrogens is 293 g/mol. The molecular formula is C16H11Cl2NO. The van der Waals surface area contributed by atoms with E-state index in [-0.39, 0.29) is 0 Å². The van der Waals surface area contributed by atoms with Gasteiger partial charge in [0.1, 0.15) is 17.5 Å². The SMILES string of the molecule is Clc1ccc2cc(OCc3ccccc3)c(Cl)cc2n1. The van der Waals surface area contributed by atoms with Crippen LogP contribution < -0.4 is 4.74 Å². The Hall–Kier alpha value is -1.77. The lowest BCUT2D eigenvalue weighted by molar-refractivity contribution is 0.307. The highest BCUT2D eigenvalue weighted by Crippen LogP contribution is 2.30. The molecule has 0 amide bonds. The van der Waals surface area contributed by atoms with Crippen molar-refractivity contribution in [2.45, 2.75) is 6.61 Å². The summed E-state index contributed by atoms with van der Waals surface area (Å²) < 4.78 is 5.77. The van der Waals surface area contributed by atoms with Crippen LogP contribution in [0, 0.1) is 0 Å². The summed E-state index contributed by atoms with van der Waals surface area (Å²) in [5, 5.41) is 1.93. The van der Waals surface area contributed by atoms with E-state index in [0.717, 1.165) is 16.5 Å². The number of hydrogen-bond acceptors (Lipinski definition) is 2. The van der Waals surface area contributed by atoms with E-state index in [4.69, 9.17) is 27.9 Å². The van der Waals surface area contributed by atoms with Crippen LogP contribution in [-0.4, -0.2) is 4.98 Å². The van der Waals surface area contributed by atoms with Crippen molar-refractivity contribution in [3.8, 4) is 5.75 Å². The molecule has 0 atom stereocenters. The first kappa shape index (κ1) is 13.2. The zero-order valence-corrected chi connectivity index (χ0v) is 12.0. The van der Waals surface area contributed by atoms with Crippen molar-refractivity contribution in [3.05, 3.63) is 70.3 Å². The molecule has 0 fully saturated rings. The molecule has 2 aromatic carbocycles. The lowest BCUT2D eigenvalue weighted by Crippen LogP contribution is -1.96. The predicted molar refractivity (Wildman–Crippen MR) is 82.5 cm³/mol. The summed E-state index contributed by atoms with van der Waals surface area (Å²) >= 11 is 12.1. The Bertz CT molecular complexity index is 744. The van der Waals surface area contributed by atoms with Crippen LogP contribution >= 0.6 is 23.2 Å². The highest BCUT2D eigenvalue weighted by atomic mass is 35.5. The van der Waals surface area contributed by atoms with Gasteiger partial charge in [0.15, 0.2) is 0 Å². The second-order valence-electron chi connectivity index (χ2n) is 4.38. The lowest BCUT2D eigenvalue weighted by atomic mass is 10.2. The summed E-state index contributed by atoms with van der Waals surface area (Å²) in [5.41, 5.74) is 1.85. The van der Waals surface area contributed by atoms with Crippen molar-refractivity contribution in [1.82, 2.24) is 4.98 Å². The summed E-state index contributed by atoms with van der Waals surface area (Å²) in [7, 11) is 0. The molecule has 3 aromatic rings. The summed E-state index contributed by atoms with van der Waals surface area (Å²) in [6.45, 7) is 0.479. The zero-order valence-electron chi connectivity index (χ0n) is 10.5. The number of hydrogen-bond donors (Lipinski definition) is 0. The van der Waals surface area contributed by atoms with Crippen LogP contribution in [0.3, 0.4) is 0 Å². The highest BCUT2D eigenvalue weighted by molar-refractivity contribution is 6.33. The number of halogens is 2. The van der Waals surface area contributed by atoms with Crippen LogP contribution in [0.2, 0.25) is 10.2 Å². The largest absolute Gasteiger partial charge is 0.487 e. The molecule has 0 spiro atoms. The normalized spacial score (nSPS) is 10.7. The van der Waals surface area contributed by atoms with E-state index in [9.17, 15) is 0 Å². The van der Waals surface area contributed by atoms with Gasteiger partial charge in [0.05, 0.1) is 10.5 Å². The fourth-order valence-corrected chi connectivity index (χ4v) is 2.31. The van der Waals surface area contributed by atoms with Gasteiger partial charge in [-0.1, -0.05) is 53.5 Å². The molecule has 0 N–H and O–H groups in total. The minimum atomic E-state index is 0.450.